The number of benzene rings is 1. The van der Waals surface area contributed by atoms with Gasteiger partial charge in [-0.05, 0) is 30.5 Å². The summed E-state index contributed by atoms with van der Waals surface area (Å²) in [6.07, 6.45) is 1.15. The second-order valence-corrected chi connectivity index (χ2v) is 6.72. The Morgan fingerprint density at radius 3 is 2.88 bits per heavy atom. The predicted octanol–water partition coefficient (Wildman–Crippen LogP) is 2.40. The van der Waals surface area contributed by atoms with Crippen molar-refractivity contribution in [2.24, 2.45) is 4.99 Å². The lowest BCUT2D eigenvalue weighted by Gasteiger charge is -2.14. The number of guanidine groups is 1. The van der Waals surface area contributed by atoms with Crippen LogP contribution in [0.25, 0.3) is 10.1 Å². The Balaban J connectivity index is 1.55. The zero-order chi connectivity index (χ0) is 17.6. The SMILES string of the molecule is CN=C(NCc1ccnc(C)n1)NCC(O)c1cc2ccccc2s1. The van der Waals surface area contributed by atoms with Crippen LogP contribution in [0, 0.1) is 6.92 Å². The molecule has 2 heterocycles. The maximum absolute atomic E-state index is 10.4. The molecule has 130 valence electrons. The van der Waals surface area contributed by atoms with Gasteiger partial charge in [0.25, 0.3) is 0 Å². The van der Waals surface area contributed by atoms with Gasteiger partial charge in [0, 0.05) is 29.4 Å². The topological polar surface area (TPSA) is 82.4 Å². The van der Waals surface area contributed by atoms with Crippen molar-refractivity contribution in [2.75, 3.05) is 13.6 Å². The van der Waals surface area contributed by atoms with Crippen LogP contribution in [0.3, 0.4) is 0 Å². The van der Waals surface area contributed by atoms with E-state index in [4.69, 9.17) is 0 Å². The molecule has 1 atom stereocenters. The molecule has 0 radical (unpaired) electrons. The van der Waals surface area contributed by atoms with E-state index in [-0.39, 0.29) is 0 Å². The van der Waals surface area contributed by atoms with E-state index in [1.165, 1.54) is 4.70 Å². The second-order valence-electron chi connectivity index (χ2n) is 5.60. The lowest BCUT2D eigenvalue weighted by Crippen LogP contribution is -2.39. The van der Waals surface area contributed by atoms with E-state index in [2.05, 4.69) is 37.7 Å². The molecule has 0 saturated carbocycles. The Kier molecular flexibility index (Phi) is 5.57. The Morgan fingerprint density at radius 1 is 1.28 bits per heavy atom. The minimum Gasteiger partial charge on any atom is -0.386 e. The number of aromatic nitrogens is 2. The van der Waals surface area contributed by atoms with Crippen LogP contribution in [0.1, 0.15) is 22.5 Å². The van der Waals surface area contributed by atoms with E-state index in [0.717, 1.165) is 21.8 Å². The molecule has 25 heavy (non-hydrogen) atoms. The molecule has 1 aromatic carbocycles. The highest BCUT2D eigenvalue weighted by Gasteiger charge is 2.12. The minimum atomic E-state index is -0.586. The monoisotopic (exact) mass is 355 g/mol. The summed E-state index contributed by atoms with van der Waals surface area (Å²) < 4.78 is 1.18. The Labute approximate surface area is 150 Å². The highest BCUT2D eigenvalue weighted by atomic mass is 32.1. The van der Waals surface area contributed by atoms with Gasteiger partial charge >= 0.3 is 0 Å². The average molecular weight is 355 g/mol. The van der Waals surface area contributed by atoms with Crippen molar-refractivity contribution in [1.82, 2.24) is 20.6 Å². The first-order valence-electron chi connectivity index (χ1n) is 8.05. The molecule has 0 saturated heterocycles. The first kappa shape index (κ1) is 17.3. The number of hydrogen-bond donors (Lipinski definition) is 3. The molecule has 7 heteroatoms. The van der Waals surface area contributed by atoms with E-state index in [1.54, 1.807) is 24.6 Å². The first-order chi connectivity index (χ1) is 12.2. The zero-order valence-corrected chi connectivity index (χ0v) is 15.0. The highest BCUT2D eigenvalue weighted by Crippen LogP contribution is 2.29. The summed E-state index contributed by atoms with van der Waals surface area (Å²) in [6, 6.07) is 12.0. The smallest absolute Gasteiger partial charge is 0.191 e. The van der Waals surface area contributed by atoms with Crippen LogP contribution in [0.5, 0.6) is 0 Å². The van der Waals surface area contributed by atoms with Crippen LogP contribution in [-0.4, -0.2) is 34.6 Å². The third-order valence-electron chi connectivity index (χ3n) is 3.73. The number of hydrogen-bond acceptors (Lipinski definition) is 5. The van der Waals surface area contributed by atoms with Gasteiger partial charge in [-0.2, -0.15) is 0 Å². The number of thiophene rings is 1. The number of aliphatic hydroxyl groups excluding tert-OH is 1. The van der Waals surface area contributed by atoms with Gasteiger partial charge in [0.1, 0.15) is 11.9 Å². The summed E-state index contributed by atoms with van der Waals surface area (Å²) in [6.45, 7) is 2.79. The van der Waals surface area contributed by atoms with Crippen molar-refractivity contribution in [3.8, 4) is 0 Å². The quantitative estimate of drug-likeness (QED) is 0.484. The molecule has 6 nitrogen and oxygen atoms in total. The van der Waals surface area contributed by atoms with Gasteiger partial charge in [-0.15, -0.1) is 11.3 Å². The molecule has 3 N–H and O–H groups in total. The fourth-order valence-electron chi connectivity index (χ4n) is 2.46. The number of nitrogens with one attached hydrogen (secondary N) is 2. The Morgan fingerprint density at radius 2 is 2.12 bits per heavy atom. The van der Waals surface area contributed by atoms with Gasteiger partial charge in [0.05, 0.1) is 12.2 Å². The van der Waals surface area contributed by atoms with E-state index in [9.17, 15) is 5.11 Å². The zero-order valence-electron chi connectivity index (χ0n) is 14.2. The summed E-state index contributed by atoms with van der Waals surface area (Å²) in [4.78, 5) is 13.5. The number of nitrogens with zero attached hydrogens (tertiary/aromatic N) is 3. The molecule has 0 bridgehead atoms. The van der Waals surface area contributed by atoms with Gasteiger partial charge in [-0.1, -0.05) is 18.2 Å². The van der Waals surface area contributed by atoms with Crippen LogP contribution in [0.15, 0.2) is 47.6 Å². The van der Waals surface area contributed by atoms with Crippen LogP contribution in [-0.2, 0) is 6.54 Å². The van der Waals surface area contributed by atoms with Crippen LogP contribution in [0.4, 0.5) is 0 Å². The number of fused-ring (bicyclic) bond motifs is 1. The molecule has 0 amide bonds. The maximum Gasteiger partial charge on any atom is 0.191 e. The lowest BCUT2D eigenvalue weighted by atomic mass is 10.2. The van der Waals surface area contributed by atoms with Crippen molar-refractivity contribution in [3.05, 3.63) is 59.0 Å². The van der Waals surface area contributed by atoms with Crippen molar-refractivity contribution >= 4 is 27.4 Å². The average Bonchev–Trinajstić information content (AvgIpc) is 3.06. The molecule has 0 spiro atoms. The number of aryl methyl sites for hydroxylation is 1. The number of aliphatic hydroxyl groups is 1. The normalized spacial score (nSPS) is 13.0. The van der Waals surface area contributed by atoms with Crippen molar-refractivity contribution in [3.63, 3.8) is 0 Å². The predicted molar refractivity (Wildman–Crippen MR) is 102 cm³/mol. The summed E-state index contributed by atoms with van der Waals surface area (Å²) >= 11 is 1.61. The summed E-state index contributed by atoms with van der Waals surface area (Å²) in [5, 5.41) is 17.9. The Hall–Kier alpha value is -2.51. The molecule has 1 unspecified atom stereocenters. The van der Waals surface area contributed by atoms with E-state index in [1.807, 2.05) is 31.2 Å². The standard InChI is InChI=1S/C18H21N5OS/c1-12-20-8-7-14(23-12)10-21-18(19-2)22-11-15(24)17-9-13-5-3-4-6-16(13)25-17/h3-9,15,24H,10-11H2,1-2H3,(H2,19,21,22). The van der Waals surface area contributed by atoms with Crippen LogP contribution in [0.2, 0.25) is 0 Å². The van der Waals surface area contributed by atoms with Gasteiger partial charge in [0.2, 0.25) is 0 Å². The molecule has 0 aliphatic heterocycles. The number of rotatable bonds is 5. The molecular weight excluding hydrogens is 334 g/mol. The summed E-state index contributed by atoms with van der Waals surface area (Å²) in [5.41, 5.74) is 0.889. The fourth-order valence-corrected chi connectivity index (χ4v) is 3.51. The largest absolute Gasteiger partial charge is 0.386 e. The highest BCUT2D eigenvalue weighted by molar-refractivity contribution is 7.19. The van der Waals surface area contributed by atoms with Crippen molar-refractivity contribution in [2.45, 2.75) is 19.6 Å². The third kappa shape index (κ3) is 4.52. The minimum absolute atomic E-state index is 0.384. The van der Waals surface area contributed by atoms with E-state index >= 15 is 0 Å². The third-order valence-corrected chi connectivity index (χ3v) is 4.95. The second kappa shape index (κ2) is 8.04. The Bertz CT molecular complexity index is 844. The molecule has 0 aliphatic carbocycles. The van der Waals surface area contributed by atoms with Crippen LogP contribution >= 0.6 is 11.3 Å². The molecule has 0 aliphatic rings. The molecular formula is C18H21N5OS. The fraction of sp³-hybridized carbons (Fsp3) is 0.278. The molecule has 0 fully saturated rings. The van der Waals surface area contributed by atoms with Gasteiger partial charge in [-0.3, -0.25) is 4.99 Å². The van der Waals surface area contributed by atoms with Gasteiger partial charge in [-0.25, -0.2) is 9.97 Å². The van der Waals surface area contributed by atoms with Crippen molar-refractivity contribution < 1.29 is 5.11 Å². The molecule has 3 aromatic rings. The van der Waals surface area contributed by atoms with E-state index < -0.39 is 6.10 Å². The number of aliphatic imine (C=N–C) groups is 1. The van der Waals surface area contributed by atoms with Gasteiger partial charge in [0.15, 0.2) is 5.96 Å². The lowest BCUT2D eigenvalue weighted by molar-refractivity contribution is 0.184. The summed E-state index contributed by atoms with van der Waals surface area (Å²) in [5.74, 6) is 1.36. The van der Waals surface area contributed by atoms with Crippen molar-refractivity contribution in [1.29, 1.82) is 0 Å². The van der Waals surface area contributed by atoms with Gasteiger partial charge < -0.3 is 15.7 Å². The van der Waals surface area contributed by atoms with E-state index in [0.29, 0.717) is 19.0 Å². The van der Waals surface area contributed by atoms with Crippen LogP contribution < -0.4 is 10.6 Å². The molecule has 2 aromatic heterocycles. The maximum atomic E-state index is 10.4. The summed E-state index contributed by atoms with van der Waals surface area (Å²) in [7, 11) is 1.70. The molecule has 3 rings (SSSR count). The first-order valence-corrected chi connectivity index (χ1v) is 8.87.